The third-order valence-corrected chi connectivity index (χ3v) is 5.77. The summed E-state index contributed by atoms with van der Waals surface area (Å²) in [5, 5.41) is 3.38. The normalized spacial score (nSPS) is 23.4. The van der Waals surface area contributed by atoms with E-state index in [0.717, 1.165) is 23.4 Å². The van der Waals surface area contributed by atoms with Crippen LogP contribution in [0.25, 0.3) is 16.6 Å². The Hall–Kier alpha value is -2.16. The number of rotatable bonds is 5. The Morgan fingerprint density at radius 3 is 2.72 bits per heavy atom. The molecule has 1 heterocycles. The molecule has 2 aliphatic rings. The van der Waals surface area contributed by atoms with Crippen LogP contribution in [0.4, 0.5) is 0 Å². The number of nitrogens with zero attached hydrogens (tertiary/aromatic N) is 2. The minimum atomic E-state index is 0.611. The second-order valence-electron chi connectivity index (χ2n) is 7.47. The summed E-state index contributed by atoms with van der Waals surface area (Å²) in [4.78, 5) is 9.24. The van der Waals surface area contributed by atoms with Crippen molar-refractivity contribution in [2.45, 2.75) is 57.4 Å². The first kappa shape index (κ1) is 16.3. The molecule has 3 heteroatoms. The lowest BCUT2D eigenvalue weighted by Crippen LogP contribution is -2.29. The van der Waals surface area contributed by atoms with Gasteiger partial charge in [0.1, 0.15) is 0 Å². The van der Waals surface area contributed by atoms with Crippen molar-refractivity contribution in [1.29, 1.82) is 0 Å². The molecule has 2 aromatic rings. The molecule has 1 N–H and O–H groups in total. The maximum absolute atomic E-state index is 4.65. The van der Waals surface area contributed by atoms with Crippen LogP contribution >= 0.6 is 0 Å². The van der Waals surface area contributed by atoms with E-state index in [1.54, 1.807) is 0 Å². The number of nitrogens with one attached hydrogen (secondary N) is 1. The molecule has 0 spiro atoms. The highest BCUT2D eigenvalue weighted by molar-refractivity contribution is 5.83. The lowest BCUT2D eigenvalue weighted by atomic mass is 9.82. The number of fused-ring (bicyclic) bond motifs is 1. The van der Waals surface area contributed by atoms with Crippen molar-refractivity contribution >= 4 is 16.6 Å². The number of allylic oxidation sites excluding steroid dienone is 2. The molecule has 25 heavy (non-hydrogen) atoms. The molecule has 3 nitrogen and oxygen atoms in total. The zero-order valence-electron chi connectivity index (χ0n) is 14.9. The Balaban J connectivity index is 1.59. The van der Waals surface area contributed by atoms with Gasteiger partial charge in [-0.25, -0.2) is 0 Å². The molecule has 4 rings (SSSR count). The molecular formula is C22H27N3. The van der Waals surface area contributed by atoms with Gasteiger partial charge in [0, 0.05) is 18.4 Å². The summed E-state index contributed by atoms with van der Waals surface area (Å²) < 4.78 is 0. The number of aromatic nitrogens is 2. The molecule has 130 valence electrons. The van der Waals surface area contributed by atoms with Gasteiger partial charge in [-0.3, -0.25) is 9.97 Å². The summed E-state index contributed by atoms with van der Waals surface area (Å²) >= 11 is 0. The zero-order chi connectivity index (χ0) is 17.1. The average Bonchev–Trinajstić information content (AvgIpc) is 3.18. The monoisotopic (exact) mass is 333 g/mol. The van der Waals surface area contributed by atoms with Crippen molar-refractivity contribution in [1.82, 2.24) is 15.3 Å². The van der Waals surface area contributed by atoms with Crippen molar-refractivity contribution < 1.29 is 0 Å². The quantitative estimate of drug-likeness (QED) is 0.834. The van der Waals surface area contributed by atoms with Crippen LogP contribution in [-0.2, 0) is 6.42 Å². The lowest BCUT2D eigenvalue weighted by Gasteiger charge is -2.29. The third kappa shape index (κ3) is 3.60. The first-order valence-corrected chi connectivity index (χ1v) is 9.63. The maximum atomic E-state index is 4.65. The van der Waals surface area contributed by atoms with Gasteiger partial charge in [0.2, 0.25) is 0 Å². The third-order valence-electron chi connectivity index (χ3n) is 5.77. The molecule has 0 saturated heterocycles. The average molecular weight is 333 g/mol. The molecule has 1 saturated carbocycles. The highest BCUT2D eigenvalue weighted by Gasteiger charge is 2.22. The predicted molar refractivity (Wildman–Crippen MR) is 104 cm³/mol. The maximum Gasteiger partial charge on any atom is 0.0919 e. The van der Waals surface area contributed by atoms with Gasteiger partial charge in [0.05, 0.1) is 11.0 Å². The summed E-state index contributed by atoms with van der Waals surface area (Å²) in [7, 11) is 0. The van der Waals surface area contributed by atoms with Gasteiger partial charge in [-0.2, -0.15) is 0 Å². The van der Waals surface area contributed by atoms with Gasteiger partial charge in [-0.15, -0.1) is 0 Å². The Bertz CT molecular complexity index is 785. The van der Waals surface area contributed by atoms with Gasteiger partial charge in [0.15, 0.2) is 0 Å². The first-order chi connectivity index (χ1) is 12.3. The standard InChI is InChI=1S/C22H27N3/c1-2-23-20-9-7-16(8-10-20)13-19-14-18(17-5-3-4-6-17)15-21-22(19)25-12-11-24-21/h2,5,11-12,14-16,20,23H,1,3-4,6-10,13H2. The Morgan fingerprint density at radius 2 is 1.96 bits per heavy atom. The minimum absolute atomic E-state index is 0.611. The van der Waals surface area contributed by atoms with Crippen LogP contribution in [0.2, 0.25) is 0 Å². The smallest absolute Gasteiger partial charge is 0.0919 e. The van der Waals surface area contributed by atoms with Crippen LogP contribution in [-0.4, -0.2) is 16.0 Å². The predicted octanol–water partition coefficient (Wildman–Crippen LogP) is 5.03. The summed E-state index contributed by atoms with van der Waals surface area (Å²) in [5.74, 6) is 0.751. The van der Waals surface area contributed by atoms with E-state index in [-0.39, 0.29) is 0 Å². The number of benzene rings is 1. The van der Waals surface area contributed by atoms with Crippen molar-refractivity contribution in [3.8, 4) is 0 Å². The van der Waals surface area contributed by atoms with Gasteiger partial charge >= 0.3 is 0 Å². The van der Waals surface area contributed by atoms with Crippen molar-refractivity contribution in [2.24, 2.45) is 5.92 Å². The molecule has 0 atom stereocenters. The first-order valence-electron chi connectivity index (χ1n) is 9.63. The Morgan fingerprint density at radius 1 is 1.12 bits per heavy atom. The van der Waals surface area contributed by atoms with E-state index in [9.17, 15) is 0 Å². The highest BCUT2D eigenvalue weighted by atomic mass is 14.9. The minimum Gasteiger partial charge on any atom is -0.389 e. The molecular weight excluding hydrogens is 306 g/mol. The van der Waals surface area contributed by atoms with E-state index in [1.807, 2.05) is 18.6 Å². The van der Waals surface area contributed by atoms with E-state index in [2.05, 4.69) is 40.1 Å². The Labute approximate surface area is 150 Å². The van der Waals surface area contributed by atoms with Gasteiger partial charge < -0.3 is 5.32 Å². The lowest BCUT2D eigenvalue weighted by molar-refractivity contribution is 0.306. The fourth-order valence-corrected chi connectivity index (χ4v) is 4.43. The fourth-order valence-electron chi connectivity index (χ4n) is 4.43. The molecule has 0 unspecified atom stereocenters. The van der Waals surface area contributed by atoms with E-state index >= 15 is 0 Å². The molecule has 0 aliphatic heterocycles. The second kappa shape index (κ2) is 7.38. The molecule has 0 bridgehead atoms. The second-order valence-corrected chi connectivity index (χ2v) is 7.47. The molecule has 0 amide bonds. The molecule has 2 aliphatic carbocycles. The number of hydrogen-bond donors (Lipinski definition) is 1. The van der Waals surface area contributed by atoms with Gasteiger partial charge in [-0.05, 0) is 92.3 Å². The van der Waals surface area contributed by atoms with Crippen LogP contribution < -0.4 is 5.32 Å². The SMILES string of the molecule is C=CNC1CCC(Cc2cc(C3=CCCC3)cc3nccnc23)CC1. The van der Waals surface area contributed by atoms with Gasteiger partial charge in [0.25, 0.3) is 0 Å². The van der Waals surface area contributed by atoms with E-state index < -0.39 is 0 Å². The van der Waals surface area contributed by atoms with Crippen LogP contribution in [0.5, 0.6) is 0 Å². The molecule has 0 radical (unpaired) electrons. The Kier molecular flexibility index (Phi) is 4.82. The van der Waals surface area contributed by atoms with E-state index in [4.69, 9.17) is 0 Å². The highest BCUT2D eigenvalue weighted by Crippen LogP contribution is 2.33. The summed E-state index contributed by atoms with van der Waals surface area (Å²) in [5.41, 5.74) is 6.38. The molecule has 1 aromatic heterocycles. The van der Waals surface area contributed by atoms with E-state index in [1.165, 1.54) is 61.6 Å². The fraction of sp³-hybridized carbons (Fsp3) is 0.455. The van der Waals surface area contributed by atoms with E-state index in [0.29, 0.717) is 6.04 Å². The van der Waals surface area contributed by atoms with Crippen LogP contribution in [0.3, 0.4) is 0 Å². The summed E-state index contributed by atoms with van der Waals surface area (Å²) in [6.45, 7) is 3.79. The molecule has 1 fully saturated rings. The zero-order valence-corrected chi connectivity index (χ0v) is 14.9. The number of hydrogen-bond acceptors (Lipinski definition) is 3. The molecule has 1 aromatic carbocycles. The summed E-state index contributed by atoms with van der Waals surface area (Å²) in [6, 6.07) is 5.23. The van der Waals surface area contributed by atoms with Crippen molar-refractivity contribution in [2.75, 3.05) is 0 Å². The topological polar surface area (TPSA) is 37.8 Å². The van der Waals surface area contributed by atoms with Crippen molar-refractivity contribution in [3.63, 3.8) is 0 Å². The van der Waals surface area contributed by atoms with Crippen molar-refractivity contribution in [3.05, 3.63) is 54.5 Å². The summed E-state index contributed by atoms with van der Waals surface area (Å²) in [6.07, 6.45) is 17.7. The largest absolute Gasteiger partial charge is 0.389 e. The van der Waals surface area contributed by atoms with Gasteiger partial charge in [-0.1, -0.05) is 12.7 Å². The van der Waals surface area contributed by atoms with Crippen LogP contribution in [0.1, 0.15) is 56.1 Å². The van der Waals surface area contributed by atoms with Crippen LogP contribution in [0.15, 0.2) is 43.4 Å². The van der Waals surface area contributed by atoms with Crippen LogP contribution in [0, 0.1) is 5.92 Å².